The molecule has 1 N–H and O–H groups in total. The Morgan fingerprint density at radius 2 is 1.64 bits per heavy atom. The molecule has 0 spiro atoms. The Hall–Kier alpha value is -2.27. The van der Waals surface area contributed by atoms with Crippen molar-refractivity contribution in [1.82, 2.24) is 10.2 Å². The first-order chi connectivity index (χ1) is 13.4. The van der Waals surface area contributed by atoms with Crippen LogP contribution in [0.1, 0.15) is 37.5 Å². The van der Waals surface area contributed by atoms with Gasteiger partial charge < -0.3 is 10.2 Å². The quantitative estimate of drug-likeness (QED) is 0.690. The molecular formula is C23H30N2O2S. The third kappa shape index (κ3) is 6.71. The van der Waals surface area contributed by atoms with Gasteiger partial charge in [-0.25, -0.2) is 0 Å². The monoisotopic (exact) mass is 398 g/mol. The summed E-state index contributed by atoms with van der Waals surface area (Å²) in [4.78, 5) is 27.2. The van der Waals surface area contributed by atoms with Gasteiger partial charge in [0.1, 0.15) is 6.04 Å². The largest absolute Gasteiger partial charge is 0.352 e. The summed E-state index contributed by atoms with van der Waals surface area (Å²) in [5.74, 6) is 0.988. The van der Waals surface area contributed by atoms with Gasteiger partial charge in [0, 0.05) is 18.3 Å². The molecule has 5 heteroatoms. The van der Waals surface area contributed by atoms with E-state index < -0.39 is 6.04 Å². The van der Waals surface area contributed by atoms with Gasteiger partial charge in [-0.3, -0.25) is 9.59 Å². The molecule has 2 amide bonds. The van der Waals surface area contributed by atoms with Crippen LogP contribution >= 0.6 is 11.8 Å². The maximum absolute atomic E-state index is 13.0. The number of carbonyl (C=O) groups excluding carboxylic acids is 2. The molecule has 150 valence electrons. The second kappa shape index (κ2) is 10.9. The van der Waals surface area contributed by atoms with E-state index in [-0.39, 0.29) is 17.9 Å². The van der Waals surface area contributed by atoms with Crippen molar-refractivity contribution in [1.29, 1.82) is 0 Å². The van der Waals surface area contributed by atoms with Crippen molar-refractivity contribution < 1.29 is 9.59 Å². The number of aryl methyl sites for hydroxylation is 1. The van der Waals surface area contributed by atoms with Crippen molar-refractivity contribution >= 4 is 23.6 Å². The van der Waals surface area contributed by atoms with Crippen LogP contribution < -0.4 is 5.32 Å². The highest BCUT2D eigenvalue weighted by molar-refractivity contribution is 7.99. The van der Waals surface area contributed by atoms with Crippen LogP contribution in [-0.4, -0.2) is 34.6 Å². The molecule has 0 saturated carbocycles. The minimum atomic E-state index is -0.519. The molecule has 0 aliphatic heterocycles. The number of hydrogen-bond donors (Lipinski definition) is 1. The van der Waals surface area contributed by atoms with Crippen LogP contribution in [-0.2, 0) is 21.9 Å². The molecule has 28 heavy (non-hydrogen) atoms. The number of amides is 2. The zero-order valence-electron chi connectivity index (χ0n) is 17.1. The molecule has 0 saturated heterocycles. The van der Waals surface area contributed by atoms with E-state index in [2.05, 4.69) is 24.4 Å². The molecule has 0 bridgehead atoms. The standard InChI is InChI=1S/C23H30N2O2S/c1-17(2)24-23(27)19(4)25(14-20-11-6-5-7-12-20)22(26)16-28-15-21-13-9-8-10-18(21)3/h5-13,17,19H,14-16H2,1-4H3,(H,24,27)/t19-/m1/s1. The number of benzene rings is 2. The summed E-state index contributed by atoms with van der Waals surface area (Å²) in [7, 11) is 0. The number of hydrogen-bond acceptors (Lipinski definition) is 3. The molecule has 0 aliphatic carbocycles. The fraction of sp³-hybridized carbons (Fsp3) is 0.391. The average Bonchev–Trinajstić information content (AvgIpc) is 2.67. The Balaban J connectivity index is 2.05. The normalized spacial score (nSPS) is 11.9. The molecule has 0 heterocycles. The van der Waals surface area contributed by atoms with Gasteiger partial charge in [0.15, 0.2) is 0 Å². The lowest BCUT2D eigenvalue weighted by Gasteiger charge is -2.29. The minimum Gasteiger partial charge on any atom is -0.352 e. The van der Waals surface area contributed by atoms with E-state index in [4.69, 9.17) is 0 Å². The smallest absolute Gasteiger partial charge is 0.242 e. The molecule has 2 aromatic rings. The number of thioether (sulfide) groups is 1. The second-order valence-electron chi connectivity index (χ2n) is 7.27. The second-order valence-corrected chi connectivity index (χ2v) is 8.25. The summed E-state index contributed by atoms with van der Waals surface area (Å²) in [6, 6.07) is 17.5. The van der Waals surface area contributed by atoms with Gasteiger partial charge in [-0.2, -0.15) is 0 Å². The molecule has 1 atom stereocenters. The fourth-order valence-corrected chi connectivity index (χ4v) is 3.86. The van der Waals surface area contributed by atoms with Crippen molar-refractivity contribution in [2.45, 2.75) is 52.1 Å². The van der Waals surface area contributed by atoms with Gasteiger partial charge in [-0.15, -0.1) is 11.8 Å². The molecule has 0 aromatic heterocycles. The maximum atomic E-state index is 13.0. The third-order valence-electron chi connectivity index (χ3n) is 4.54. The van der Waals surface area contributed by atoms with Gasteiger partial charge in [-0.05, 0) is 44.4 Å². The van der Waals surface area contributed by atoms with E-state index in [1.807, 2.05) is 56.3 Å². The highest BCUT2D eigenvalue weighted by atomic mass is 32.2. The number of rotatable bonds is 9. The van der Waals surface area contributed by atoms with Gasteiger partial charge >= 0.3 is 0 Å². The van der Waals surface area contributed by atoms with Crippen molar-refractivity contribution in [3.05, 3.63) is 71.3 Å². The molecular weight excluding hydrogens is 368 g/mol. The lowest BCUT2D eigenvalue weighted by atomic mass is 10.1. The van der Waals surface area contributed by atoms with Crippen molar-refractivity contribution in [2.24, 2.45) is 0 Å². The summed E-state index contributed by atoms with van der Waals surface area (Å²) >= 11 is 1.59. The van der Waals surface area contributed by atoms with Crippen LogP contribution in [0.25, 0.3) is 0 Å². The molecule has 0 unspecified atom stereocenters. The van der Waals surface area contributed by atoms with E-state index in [9.17, 15) is 9.59 Å². The first-order valence-corrected chi connectivity index (χ1v) is 10.8. The molecule has 0 aliphatic rings. The molecule has 4 nitrogen and oxygen atoms in total. The van der Waals surface area contributed by atoms with E-state index >= 15 is 0 Å². The maximum Gasteiger partial charge on any atom is 0.242 e. The molecule has 0 radical (unpaired) electrons. The Kier molecular flexibility index (Phi) is 8.58. The topological polar surface area (TPSA) is 49.4 Å². The van der Waals surface area contributed by atoms with E-state index in [1.165, 1.54) is 11.1 Å². The summed E-state index contributed by atoms with van der Waals surface area (Å²) in [6.07, 6.45) is 0. The summed E-state index contributed by atoms with van der Waals surface area (Å²) in [6.45, 7) is 8.15. The Morgan fingerprint density at radius 1 is 1.00 bits per heavy atom. The van der Waals surface area contributed by atoms with E-state index in [0.717, 1.165) is 11.3 Å². The highest BCUT2D eigenvalue weighted by Crippen LogP contribution is 2.18. The first kappa shape index (κ1) is 22.0. The fourth-order valence-electron chi connectivity index (χ4n) is 2.87. The lowest BCUT2D eigenvalue weighted by Crippen LogP contribution is -2.49. The lowest BCUT2D eigenvalue weighted by molar-refractivity contribution is -0.138. The minimum absolute atomic E-state index is 0.0196. The van der Waals surface area contributed by atoms with Crippen LogP contribution in [0.15, 0.2) is 54.6 Å². The summed E-state index contributed by atoms with van der Waals surface area (Å²) in [5, 5.41) is 2.91. The van der Waals surface area contributed by atoms with Crippen LogP contribution in [0.4, 0.5) is 0 Å². The van der Waals surface area contributed by atoms with Crippen molar-refractivity contribution in [3.63, 3.8) is 0 Å². The predicted octanol–water partition coefficient (Wildman–Crippen LogP) is 4.17. The van der Waals surface area contributed by atoms with Crippen LogP contribution in [0.5, 0.6) is 0 Å². The Labute approximate surface area is 172 Å². The van der Waals surface area contributed by atoms with Crippen molar-refractivity contribution in [2.75, 3.05) is 5.75 Å². The summed E-state index contributed by atoms with van der Waals surface area (Å²) in [5.41, 5.74) is 3.48. The summed E-state index contributed by atoms with van der Waals surface area (Å²) < 4.78 is 0. The van der Waals surface area contributed by atoms with Crippen LogP contribution in [0.2, 0.25) is 0 Å². The first-order valence-electron chi connectivity index (χ1n) is 9.64. The molecule has 2 rings (SSSR count). The third-order valence-corrected chi connectivity index (χ3v) is 5.50. The van der Waals surface area contributed by atoms with Gasteiger partial charge in [-0.1, -0.05) is 54.6 Å². The van der Waals surface area contributed by atoms with Gasteiger partial charge in [0.2, 0.25) is 11.8 Å². The van der Waals surface area contributed by atoms with Gasteiger partial charge in [0.05, 0.1) is 5.75 Å². The van der Waals surface area contributed by atoms with E-state index in [0.29, 0.717) is 12.3 Å². The van der Waals surface area contributed by atoms with Crippen molar-refractivity contribution in [3.8, 4) is 0 Å². The zero-order valence-corrected chi connectivity index (χ0v) is 18.0. The SMILES string of the molecule is Cc1ccccc1CSCC(=O)N(Cc1ccccc1)[C@H](C)C(=O)NC(C)C. The van der Waals surface area contributed by atoms with Crippen LogP contribution in [0, 0.1) is 6.92 Å². The molecule has 0 fully saturated rings. The van der Waals surface area contributed by atoms with Gasteiger partial charge in [0.25, 0.3) is 0 Å². The number of carbonyl (C=O) groups is 2. The average molecular weight is 399 g/mol. The Bertz CT molecular complexity index is 777. The number of nitrogens with zero attached hydrogens (tertiary/aromatic N) is 1. The zero-order chi connectivity index (χ0) is 20.5. The number of nitrogens with one attached hydrogen (secondary N) is 1. The Morgan fingerprint density at radius 3 is 2.29 bits per heavy atom. The highest BCUT2D eigenvalue weighted by Gasteiger charge is 2.26. The molecule has 2 aromatic carbocycles. The van der Waals surface area contributed by atoms with Crippen LogP contribution in [0.3, 0.4) is 0 Å². The van der Waals surface area contributed by atoms with E-state index in [1.54, 1.807) is 23.6 Å². The predicted molar refractivity (Wildman–Crippen MR) is 117 cm³/mol.